The second kappa shape index (κ2) is 5.60. The molecule has 4 aromatic rings. The second-order valence-corrected chi connectivity index (χ2v) is 7.03. The number of aromatic nitrogens is 6. The molecule has 2 N–H and O–H groups in total. The number of anilines is 2. The third-order valence-electron chi connectivity index (χ3n) is 4.41. The first-order valence-electron chi connectivity index (χ1n) is 8.00. The van der Waals surface area contributed by atoms with Crippen LogP contribution >= 0.6 is 11.3 Å². The van der Waals surface area contributed by atoms with Gasteiger partial charge in [-0.3, -0.25) is 4.79 Å². The zero-order chi connectivity index (χ0) is 17.7. The van der Waals surface area contributed by atoms with Gasteiger partial charge in [-0.2, -0.15) is 9.78 Å². The fraction of sp³-hybridized carbons (Fsp3) is 0.118. The molecule has 8 nitrogen and oxygen atoms in total. The molecule has 9 heteroatoms. The molecule has 26 heavy (non-hydrogen) atoms. The van der Waals surface area contributed by atoms with E-state index >= 15 is 0 Å². The molecule has 0 fully saturated rings. The molecule has 128 valence electrons. The van der Waals surface area contributed by atoms with E-state index in [0.717, 1.165) is 21.6 Å². The van der Waals surface area contributed by atoms with Crippen molar-refractivity contribution in [3.8, 4) is 11.3 Å². The van der Waals surface area contributed by atoms with Gasteiger partial charge < -0.3 is 5.32 Å². The van der Waals surface area contributed by atoms with E-state index in [2.05, 4.69) is 31.0 Å². The molecule has 1 atom stereocenters. The zero-order valence-corrected chi connectivity index (χ0v) is 14.5. The van der Waals surface area contributed by atoms with E-state index in [1.54, 1.807) is 16.0 Å². The molecule has 4 heterocycles. The number of tetrazole rings is 1. The monoisotopic (exact) mass is 363 g/mol. The summed E-state index contributed by atoms with van der Waals surface area (Å²) in [5.41, 5.74) is 3.67. The van der Waals surface area contributed by atoms with Gasteiger partial charge in [0.15, 0.2) is 0 Å². The van der Waals surface area contributed by atoms with E-state index in [1.165, 1.54) is 0 Å². The quantitative estimate of drug-likeness (QED) is 0.500. The number of benzene rings is 1. The number of nitrogens with one attached hydrogen (secondary N) is 2. The summed E-state index contributed by atoms with van der Waals surface area (Å²) in [4.78, 5) is 13.5. The molecule has 3 aromatic heterocycles. The van der Waals surface area contributed by atoms with Crippen LogP contribution in [0.25, 0.3) is 11.3 Å². The Kier molecular flexibility index (Phi) is 3.22. The first-order chi connectivity index (χ1) is 12.7. The van der Waals surface area contributed by atoms with Crippen LogP contribution in [0.3, 0.4) is 0 Å². The van der Waals surface area contributed by atoms with Gasteiger partial charge >= 0.3 is 0 Å². The molecule has 1 aliphatic heterocycles. The van der Waals surface area contributed by atoms with Crippen molar-refractivity contribution in [2.75, 3.05) is 5.32 Å². The molecule has 0 unspecified atom stereocenters. The average molecular weight is 363 g/mol. The maximum atomic E-state index is 12.5. The van der Waals surface area contributed by atoms with Crippen molar-refractivity contribution in [1.82, 2.24) is 30.4 Å². The fourth-order valence-electron chi connectivity index (χ4n) is 3.18. The standard InChI is InChI=1S/C17H13N7OS/c1-9-4-6-10(7-5-9)13-12-14(16(25)20-19-13)18-17-21-22-23-24(17)15(12)11-3-2-8-26-11/h2-8,15H,1H3,(H,20,25)(H,18,21,23)/t15-/m1/s1. The minimum atomic E-state index is -0.317. The van der Waals surface area contributed by atoms with Gasteiger partial charge in [-0.1, -0.05) is 41.0 Å². The minimum absolute atomic E-state index is 0.299. The van der Waals surface area contributed by atoms with Crippen LogP contribution in [0.15, 0.2) is 46.6 Å². The van der Waals surface area contributed by atoms with Gasteiger partial charge in [-0.25, -0.2) is 5.10 Å². The molecular formula is C17H13N7OS. The number of rotatable bonds is 2. The predicted octanol–water partition coefficient (Wildman–Crippen LogP) is 2.49. The van der Waals surface area contributed by atoms with E-state index in [0.29, 0.717) is 17.3 Å². The van der Waals surface area contributed by atoms with Crippen LogP contribution in [0.1, 0.15) is 22.0 Å². The number of H-pyrrole nitrogens is 1. The van der Waals surface area contributed by atoms with Gasteiger partial charge in [0.05, 0.1) is 5.69 Å². The SMILES string of the molecule is Cc1ccc(-c2n[nH]c(=O)c3c2[C@@H](c2cccs2)n2nnnc2N3)cc1. The summed E-state index contributed by atoms with van der Waals surface area (Å²) in [5, 5.41) is 23.9. The molecular weight excluding hydrogens is 350 g/mol. The van der Waals surface area contributed by atoms with E-state index in [-0.39, 0.29) is 11.6 Å². The highest BCUT2D eigenvalue weighted by molar-refractivity contribution is 7.10. The zero-order valence-electron chi connectivity index (χ0n) is 13.7. The van der Waals surface area contributed by atoms with Gasteiger partial charge in [-0.05, 0) is 28.8 Å². The molecule has 0 saturated heterocycles. The Morgan fingerprint density at radius 2 is 2.04 bits per heavy atom. The Morgan fingerprint density at radius 1 is 1.19 bits per heavy atom. The molecule has 0 radical (unpaired) electrons. The molecule has 0 spiro atoms. The maximum Gasteiger partial charge on any atom is 0.288 e. The number of fused-ring (bicyclic) bond motifs is 2. The van der Waals surface area contributed by atoms with Crippen molar-refractivity contribution < 1.29 is 0 Å². The molecule has 1 aliphatic rings. The van der Waals surface area contributed by atoms with Crippen LogP contribution in [0.2, 0.25) is 0 Å². The number of hydrogen-bond acceptors (Lipinski definition) is 7. The molecule has 0 bridgehead atoms. The topological polar surface area (TPSA) is 101 Å². The first-order valence-corrected chi connectivity index (χ1v) is 8.88. The Balaban J connectivity index is 1.82. The third kappa shape index (κ3) is 2.17. The summed E-state index contributed by atoms with van der Waals surface area (Å²) in [5.74, 6) is 0.433. The summed E-state index contributed by atoms with van der Waals surface area (Å²) in [6, 6.07) is 11.7. The van der Waals surface area contributed by atoms with Crippen LogP contribution in [0, 0.1) is 6.92 Å². The highest BCUT2D eigenvalue weighted by Gasteiger charge is 2.34. The average Bonchev–Trinajstić information content (AvgIpc) is 3.33. The van der Waals surface area contributed by atoms with E-state index < -0.39 is 0 Å². The van der Waals surface area contributed by atoms with Crippen LogP contribution in [-0.4, -0.2) is 30.4 Å². The summed E-state index contributed by atoms with van der Waals surface area (Å²) < 4.78 is 1.69. The van der Waals surface area contributed by atoms with Gasteiger partial charge in [0.2, 0.25) is 5.95 Å². The lowest BCUT2D eigenvalue weighted by atomic mass is 9.96. The summed E-state index contributed by atoms with van der Waals surface area (Å²) >= 11 is 1.59. The normalized spacial score (nSPS) is 15.2. The van der Waals surface area contributed by atoms with E-state index in [4.69, 9.17) is 0 Å². The predicted molar refractivity (Wildman–Crippen MR) is 97.7 cm³/mol. The third-order valence-corrected chi connectivity index (χ3v) is 5.33. The lowest BCUT2D eigenvalue weighted by Crippen LogP contribution is -2.28. The van der Waals surface area contributed by atoms with Crippen LogP contribution in [-0.2, 0) is 0 Å². The second-order valence-electron chi connectivity index (χ2n) is 6.05. The van der Waals surface area contributed by atoms with Crippen LogP contribution in [0.5, 0.6) is 0 Å². The summed E-state index contributed by atoms with van der Waals surface area (Å²) in [7, 11) is 0. The molecule has 0 aliphatic carbocycles. The summed E-state index contributed by atoms with van der Waals surface area (Å²) in [6.07, 6.45) is 0. The molecule has 5 rings (SSSR count). The lowest BCUT2D eigenvalue weighted by molar-refractivity contribution is 0.574. The Morgan fingerprint density at radius 3 is 2.81 bits per heavy atom. The highest BCUT2D eigenvalue weighted by atomic mass is 32.1. The van der Waals surface area contributed by atoms with Gasteiger partial charge in [-0.15, -0.1) is 11.3 Å². The van der Waals surface area contributed by atoms with Crippen molar-refractivity contribution >= 4 is 23.0 Å². The molecule has 1 aromatic carbocycles. The van der Waals surface area contributed by atoms with Gasteiger partial charge in [0, 0.05) is 16.0 Å². The van der Waals surface area contributed by atoms with Crippen molar-refractivity contribution in [3.63, 3.8) is 0 Å². The molecule has 0 saturated carbocycles. The highest BCUT2D eigenvalue weighted by Crippen LogP contribution is 2.42. The largest absolute Gasteiger partial charge is 0.318 e. The molecule has 0 amide bonds. The van der Waals surface area contributed by atoms with E-state index in [9.17, 15) is 4.79 Å². The van der Waals surface area contributed by atoms with Gasteiger partial charge in [0.1, 0.15) is 11.7 Å². The lowest BCUT2D eigenvalue weighted by Gasteiger charge is -2.26. The number of aryl methyl sites for hydroxylation is 1. The minimum Gasteiger partial charge on any atom is -0.318 e. The smallest absolute Gasteiger partial charge is 0.288 e. The Bertz CT molecular complexity index is 1140. The van der Waals surface area contributed by atoms with Gasteiger partial charge in [0.25, 0.3) is 5.56 Å². The Hall–Kier alpha value is -3.33. The Labute approximate surface area is 151 Å². The fourth-order valence-corrected chi connectivity index (χ4v) is 4.00. The van der Waals surface area contributed by atoms with Crippen molar-refractivity contribution in [1.29, 1.82) is 0 Å². The van der Waals surface area contributed by atoms with Crippen molar-refractivity contribution in [3.05, 3.63) is 68.1 Å². The van der Waals surface area contributed by atoms with Crippen LogP contribution in [0.4, 0.5) is 11.6 Å². The number of aromatic amines is 1. The number of hydrogen-bond donors (Lipinski definition) is 2. The van der Waals surface area contributed by atoms with Crippen molar-refractivity contribution in [2.45, 2.75) is 13.0 Å². The number of thiophene rings is 1. The maximum absolute atomic E-state index is 12.5. The van der Waals surface area contributed by atoms with E-state index in [1.807, 2.05) is 48.7 Å². The van der Waals surface area contributed by atoms with Crippen molar-refractivity contribution in [2.24, 2.45) is 0 Å². The first kappa shape index (κ1) is 15.0. The number of nitrogens with zero attached hydrogens (tertiary/aromatic N) is 5. The van der Waals surface area contributed by atoms with Crippen LogP contribution < -0.4 is 10.9 Å². The summed E-state index contributed by atoms with van der Waals surface area (Å²) in [6.45, 7) is 2.03.